The number of hydrogen-bond donors (Lipinski definition) is 1. The lowest BCUT2D eigenvalue weighted by atomic mass is 10.3. The summed E-state index contributed by atoms with van der Waals surface area (Å²) in [5.41, 5.74) is 0. The van der Waals surface area contributed by atoms with E-state index in [1.165, 1.54) is 0 Å². The third-order valence-electron chi connectivity index (χ3n) is 3.99. The molecule has 0 unspecified atom stereocenters. The van der Waals surface area contributed by atoms with Gasteiger partial charge in [0.15, 0.2) is 0 Å². The van der Waals surface area contributed by atoms with Crippen LogP contribution in [-0.4, -0.2) is 71.1 Å². The summed E-state index contributed by atoms with van der Waals surface area (Å²) in [5, 5.41) is 2.94. The van der Waals surface area contributed by atoms with E-state index in [-0.39, 0.29) is 5.91 Å². The zero-order valence-electron chi connectivity index (χ0n) is 13.2. The zero-order chi connectivity index (χ0) is 15.1. The highest BCUT2D eigenvalue weighted by atomic mass is 16.2. The molecule has 1 aromatic heterocycles. The van der Waals surface area contributed by atoms with Gasteiger partial charge in [0.25, 0.3) is 0 Å². The van der Waals surface area contributed by atoms with Crippen LogP contribution < -0.4 is 5.32 Å². The molecule has 0 spiro atoms. The monoisotopic (exact) mass is 293 g/mol. The van der Waals surface area contributed by atoms with Gasteiger partial charge >= 0.3 is 0 Å². The molecule has 0 saturated carbocycles. The minimum Gasteiger partial charge on any atom is -0.355 e. The summed E-state index contributed by atoms with van der Waals surface area (Å²) in [4.78, 5) is 20.6. The van der Waals surface area contributed by atoms with Gasteiger partial charge in [0.1, 0.15) is 5.82 Å². The van der Waals surface area contributed by atoms with E-state index in [1.54, 1.807) is 0 Å². The summed E-state index contributed by atoms with van der Waals surface area (Å²) in [6.07, 6.45) is 4.87. The number of aromatic nitrogens is 2. The molecule has 21 heavy (non-hydrogen) atoms. The molecule has 2 heterocycles. The van der Waals surface area contributed by atoms with Crippen molar-refractivity contribution in [3.05, 3.63) is 18.2 Å². The van der Waals surface area contributed by atoms with Crippen LogP contribution in [0.4, 0.5) is 0 Å². The van der Waals surface area contributed by atoms with E-state index in [9.17, 15) is 4.79 Å². The molecule has 0 radical (unpaired) electrons. The molecule has 1 amide bonds. The number of nitrogens with zero attached hydrogens (tertiary/aromatic N) is 4. The summed E-state index contributed by atoms with van der Waals surface area (Å²) in [7, 11) is 0. The van der Waals surface area contributed by atoms with Crippen molar-refractivity contribution in [1.82, 2.24) is 24.7 Å². The van der Waals surface area contributed by atoms with Gasteiger partial charge in [-0.3, -0.25) is 14.6 Å². The van der Waals surface area contributed by atoms with Crippen molar-refractivity contribution in [2.75, 3.05) is 45.8 Å². The molecule has 1 N–H and O–H groups in total. The molecule has 2 rings (SSSR count). The fraction of sp³-hybridized carbons (Fsp3) is 0.733. The highest BCUT2D eigenvalue weighted by Crippen LogP contribution is 2.03. The minimum absolute atomic E-state index is 0.152. The third kappa shape index (κ3) is 5.13. The number of carbonyl (C=O) groups is 1. The van der Waals surface area contributed by atoms with Gasteiger partial charge < -0.3 is 9.88 Å². The molecular weight excluding hydrogens is 266 g/mol. The maximum absolute atomic E-state index is 11.7. The smallest absolute Gasteiger partial charge is 0.234 e. The van der Waals surface area contributed by atoms with Crippen LogP contribution in [0.25, 0.3) is 0 Å². The number of amides is 1. The lowest BCUT2D eigenvalue weighted by Crippen LogP contribution is -2.50. The van der Waals surface area contributed by atoms with Crippen LogP contribution in [0.2, 0.25) is 0 Å². The number of rotatable bonds is 7. The van der Waals surface area contributed by atoms with Gasteiger partial charge in [-0.1, -0.05) is 6.92 Å². The maximum atomic E-state index is 11.7. The predicted molar refractivity (Wildman–Crippen MR) is 83.1 cm³/mol. The number of imidazole rings is 1. The molecule has 6 nitrogen and oxygen atoms in total. The van der Waals surface area contributed by atoms with Crippen molar-refractivity contribution in [3.63, 3.8) is 0 Å². The van der Waals surface area contributed by atoms with Gasteiger partial charge in [-0.05, 0) is 13.3 Å². The second kappa shape index (κ2) is 8.14. The Hall–Kier alpha value is -1.40. The van der Waals surface area contributed by atoms with Crippen LogP contribution in [0.15, 0.2) is 12.4 Å². The van der Waals surface area contributed by atoms with Crippen molar-refractivity contribution in [1.29, 1.82) is 0 Å². The first-order valence-corrected chi connectivity index (χ1v) is 7.88. The number of nitrogens with one attached hydrogen (secondary N) is 1. The van der Waals surface area contributed by atoms with Gasteiger partial charge in [-0.2, -0.15) is 0 Å². The molecule has 0 aliphatic carbocycles. The average molecular weight is 293 g/mol. The predicted octanol–water partition coefficient (Wildman–Crippen LogP) is 0.335. The van der Waals surface area contributed by atoms with E-state index >= 15 is 0 Å². The standard InChI is InChI=1S/C15H27N5O/c1-3-4-17-15(21)13-19-9-7-18(8-10-19)11-12-20-6-5-16-14(20)2/h5-6H,3-4,7-13H2,1-2H3,(H,17,21). The molecule has 118 valence electrons. The van der Waals surface area contributed by atoms with Crippen molar-refractivity contribution < 1.29 is 4.79 Å². The molecule has 1 aliphatic heterocycles. The summed E-state index contributed by atoms with van der Waals surface area (Å²) < 4.78 is 2.19. The largest absolute Gasteiger partial charge is 0.355 e. The molecule has 1 fully saturated rings. The highest BCUT2D eigenvalue weighted by Gasteiger charge is 2.18. The van der Waals surface area contributed by atoms with E-state index in [0.29, 0.717) is 6.54 Å². The number of aryl methyl sites for hydroxylation is 1. The second-order valence-electron chi connectivity index (χ2n) is 5.64. The van der Waals surface area contributed by atoms with E-state index in [1.807, 2.05) is 19.3 Å². The topological polar surface area (TPSA) is 53.4 Å². The van der Waals surface area contributed by atoms with Crippen LogP contribution >= 0.6 is 0 Å². The Labute approximate surface area is 127 Å². The van der Waals surface area contributed by atoms with Crippen LogP contribution in [0.3, 0.4) is 0 Å². The van der Waals surface area contributed by atoms with Crippen LogP contribution in [-0.2, 0) is 11.3 Å². The Morgan fingerprint density at radius 1 is 1.24 bits per heavy atom. The van der Waals surface area contributed by atoms with Crippen LogP contribution in [0.1, 0.15) is 19.2 Å². The van der Waals surface area contributed by atoms with Gasteiger partial charge in [0.2, 0.25) is 5.91 Å². The summed E-state index contributed by atoms with van der Waals surface area (Å²) in [6.45, 7) is 11.5. The highest BCUT2D eigenvalue weighted by molar-refractivity contribution is 5.77. The van der Waals surface area contributed by atoms with Crippen molar-refractivity contribution in [2.45, 2.75) is 26.8 Å². The van der Waals surface area contributed by atoms with Crippen LogP contribution in [0, 0.1) is 6.92 Å². The Bertz CT molecular complexity index is 437. The van der Waals surface area contributed by atoms with E-state index in [0.717, 1.165) is 58.1 Å². The first-order chi connectivity index (χ1) is 10.2. The zero-order valence-corrected chi connectivity index (χ0v) is 13.2. The lowest BCUT2D eigenvalue weighted by molar-refractivity contribution is -0.122. The molecule has 1 aromatic rings. The quantitative estimate of drug-likeness (QED) is 0.787. The molecular formula is C15H27N5O. The molecule has 6 heteroatoms. The maximum Gasteiger partial charge on any atom is 0.234 e. The van der Waals surface area contributed by atoms with Crippen molar-refractivity contribution in [2.24, 2.45) is 0 Å². The van der Waals surface area contributed by atoms with Crippen LogP contribution in [0.5, 0.6) is 0 Å². The Morgan fingerprint density at radius 3 is 2.57 bits per heavy atom. The molecule has 1 aliphatic rings. The summed E-state index contributed by atoms with van der Waals surface area (Å²) in [5.74, 6) is 1.22. The summed E-state index contributed by atoms with van der Waals surface area (Å²) in [6, 6.07) is 0. The second-order valence-corrected chi connectivity index (χ2v) is 5.64. The fourth-order valence-corrected chi connectivity index (χ4v) is 2.58. The van der Waals surface area contributed by atoms with Gasteiger partial charge in [-0.25, -0.2) is 4.98 Å². The minimum atomic E-state index is 0.152. The van der Waals surface area contributed by atoms with Crippen molar-refractivity contribution >= 4 is 5.91 Å². The van der Waals surface area contributed by atoms with E-state index in [4.69, 9.17) is 0 Å². The lowest BCUT2D eigenvalue weighted by Gasteiger charge is -2.34. The Balaban J connectivity index is 1.64. The summed E-state index contributed by atoms with van der Waals surface area (Å²) >= 11 is 0. The fourth-order valence-electron chi connectivity index (χ4n) is 2.58. The van der Waals surface area contributed by atoms with Crippen molar-refractivity contribution in [3.8, 4) is 0 Å². The SMILES string of the molecule is CCCNC(=O)CN1CCN(CCn2ccnc2C)CC1. The molecule has 1 saturated heterocycles. The molecule has 0 bridgehead atoms. The normalized spacial score (nSPS) is 17.0. The molecule has 0 atom stereocenters. The third-order valence-corrected chi connectivity index (χ3v) is 3.99. The first-order valence-electron chi connectivity index (χ1n) is 7.88. The van der Waals surface area contributed by atoms with Gasteiger partial charge in [-0.15, -0.1) is 0 Å². The Kier molecular flexibility index (Phi) is 6.20. The van der Waals surface area contributed by atoms with Gasteiger partial charge in [0, 0.05) is 58.2 Å². The first kappa shape index (κ1) is 16.0. The Morgan fingerprint density at radius 2 is 1.95 bits per heavy atom. The van der Waals surface area contributed by atoms with E-state index < -0.39 is 0 Å². The number of hydrogen-bond acceptors (Lipinski definition) is 4. The number of piperazine rings is 1. The molecule has 0 aromatic carbocycles. The van der Waals surface area contributed by atoms with Gasteiger partial charge in [0.05, 0.1) is 6.54 Å². The average Bonchev–Trinajstić information content (AvgIpc) is 2.90. The number of carbonyl (C=O) groups excluding carboxylic acids is 1. The van der Waals surface area contributed by atoms with E-state index in [2.05, 4.69) is 31.6 Å².